The van der Waals surface area contributed by atoms with Gasteiger partial charge in [0.2, 0.25) is 0 Å². The number of nitrogens with zero attached hydrogens (tertiary/aromatic N) is 7. The van der Waals surface area contributed by atoms with Crippen molar-refractivity contribution in [3.05, 3.63) is 59.9 Å². The maximum absolute atomic E-state index is 14.2. The Kier molecular flexibility index (Phi) is 6.12. The van der Waals surface area contributed by atoms with E-state index in [0.29, 0.717) is 23.6 Å². The zero-order valence-corrected chi connectivity index (χ0v) is 17.1. The molecule has 0 N–H and O–H groups in total. The lowest BCUT2D eigenvalue weighted by atomic mass is 10.1. The highest BCUT2D eigenvalue weighted by molar-refractivity contribution is 5.52. The molecule has 0 aliphatic rings. The van der Waals surface area contributed by atoms with Crippen LogP contribution in [0.1, 0.15) is 30.4 Å². The first kappa shape index (κ1) is 21.8. The lowest BCUT2D eigenvalue weighted by Gasteiger charge is -2.12. The van der Waals surface area contributed by atoms with Gasteiger partial charge >= 0.3 is 6.18 Å². The van der Waals surface area contributed by atoms with E-state index in [0.717, 1.165) is 12.0 Å². The van der Waals surface area contributed by atoms with Crippen molar-refractivity contribution in [3.8, 4) is 11.5 Å². The fraction of sp³-hybridized carbons (Fsp3) is 0.350. The van der Waals surface area contributed by atoms with Gasteiger partial charge in [-0.2, -0.15) is 13.2 Å². The zero-order valence-electron chi connectivity index (χ0n) is 17.1. The molecule has 4 rings (SSSR count). The van der Waals surface area contributed by atoms with Crippen LogP contribution in [0.25, 0.3) is 17.2 Å². The van der Waals surface area contributed by atoms with Crippen molar-refractivity contribution in [2.75, 3.05) is 6.61 Å². The number of hydrogen-bond donors (Lipinski definition) is 0. The number of hydrogen-bond acceptors (Lipinski definition) is 6. The van der Waals surface area contributed by atoms with Crippen LogP contribution in [0.4, 0.5) is 17.6 Å². The van der Waals surface area contributed by atoms with Gasteiger partial charge in [-0.25, -0.2) is 28.8 Å². The molecule has 8 nitrogen and oxygen atoms in total. The van der Waals surface area contributed by atoms with Crippen molar-refractivity contribution in [2.45, 2.75) is 39.1 Å². The van der Waals surface area contributed by atoms with E-state index in [1.807, 2.05) is 6.92 Å². The monoisotopic (exact) mass is 449 g/mol. The number of aromatic nitrogens is 7. The lowest BCUT2D eigenvalue weighted by molar-refractivity contribution is -0.177. The Bertz CT molecular complexity index is 1220. The van der Waals surface area contributed by atoms with Crippen LogP contribution in [0.5, 0.6) is 0 Å². The molecule has 0 aromatic carbocycles. The molecular formula is C20H19F4N7O. The molecule has 12 heteroatoms. The van der Waals surface area contributed by atoms with Crippen LogP contribution in [-0.2, 0) is 24.3 Å². The number of rotatable bonds is 8. The van der Waals surface area contributed by atoms with Crippen LogP contribution >= 0.6 is 0 Å². The summed E-state index contributed by atoms with van der Waals surface area (Å²) in [6.45, 7) is 0.529. The van der Waals surface area contributed by atoms with E-state index in [1.54, 1.807) is 17.0 Å². The average Bonchev–Trinajstić information content (AvgIpc) is 3.36. The van der Waals surface area contributed by atoms with E-state index in [2.05, 4.69) is 29.8 Å². The molecule has 0 atom stereocenters. The van der Waals surface area contributed by atoms with E-state index in [9.17, 15) is 17.6 Å². The zero-order chi connectivity index (χ0) is 22.7. The van der Waals surface area contributed by atoms with Crippen LogP contribution < -0.4 is 0 Å². The third-order valence-electron chi connectivity index (χ3n) is 4.62. The predicted molar refractivity (Wildman–Crippen MR) is 105 cm³/mol. The van der Waals surface area contributed by atoms with Crippen molar-refractivity contribution in [1.82, 2.24) is 34.1 Å². The van der Waals surface area contributed by atoms with Gasteiger partial charge in [0, 0.05) is 24.2 Å². The molecule has 0 aliphatic carbocycles. The van der Waals surface area contributed by atoms with Crippen LogP contribution in [0.15, 0.2) is 37.1 Å². The smallest absolute Gasteiger partial charge is 0.364 e. The Morgan fingerprint density at radius 3 is 2.72 bits per heavy atom. The average molecular weight is 449 g/mol. The van der Waals surface area contributed by atoms with Crippen molar-refractivity contribution in [3.63, 3.8) is 0 Å². The minimum atomic E-state index is -4.42. The Balaban J connectivity index is 1.64. The first-order chi connectivity index (χ1) is 15.4. The number of alkyl halides is 3. The molecule has 168 valence electrons. The lowest BCUT2D eigenvalue weighted by Crippen LogP contribution is -2.17. The third-order valence-corrected chi connectivity index (χ3v) is 4.62. The van der Waals surface area contributed by atoms with E-state index in [4.69, 9.17) is 0 Å². The van der Waals surface area contributed by atoms with E-state index in [-0.39, 0.29) is 24.7 Å². The largest absolute Gasteiger partial charge is 0.411 e. The Labute approximate surface area is 179 Å². The van der Waals surface area contributed by atoms with Gasteiger partial charge in [-0.3, -0.25) is 0 Å². The second-order valence-corrected chi connectivity index (χ2v) is 7.04. The minimum absolute atomic E-state index is 0.127. The minimum Gasteiger partial charge on any atom is -0.364 e. The topological polar surface area (TPSA) is 83.0 Å². The molecule has 0 spiro atoms. The second-order valence-electron chi connectivity index (χ2n) is 7.04. The van der Waals surface area contributed by atoms with Crippen molar-refractivity contribution in [2.24, 2.45) is 0 Å². The quantitative estimate of drug-likeness (QED) is 0.382. The highest BCUT2D eigenvalue weighted by Crippen LogP contribution is 2.22. The van der Waals surface area contributed by atoms with Gasteiger partial charge in [-0.15, -0.1) is 5.10 Å². The highest BCUT2D eigenvalue weighted by atomic mass is 19.4. The third kappa shape index (κ3) is 4.74. The van der Waals surface area contributed by atoms with Crippen molar-refractivity contribution in [1.29, 1.82) is 0 Å². The number of aryl methyl sites for hydroxylation is 1. The summed E-state index contributed by atoms with van der Waals surface area (Å²) in [6, 6.07) is 2.81. The van der Waals surface area contributed by atoms with Crippen LogP contribution in [0, 0.1) is 5.82 Å². The van der Waals surface area contributed by atoms with Gasteiger partial charge < -0.3 is 9.30 Å². The van der Waals surface area contributed by atoms with Crippen molar-refractivity contribution >= 4 is 5.65 Å². The molecule has 4 heterocycles. The van der Waals surface area contributed by atoms with Crippen LogP contribution in [0.3, 0.4) is 0 Å². The Hall–Kier alpha value is -3.41. The van der Waals surface area contributed by atoms with Crippen LogP contribution in [0.2, 0.25) is 0 Å². The first-order valence-electron chi connectivity index (χ1n) is 9.84. The van der Waals surface area contributed by atoms with E-state index >= 15 is 0 Å². The molecule has 0 fully saturated rings. The molecule has 0 bridgehead atoms. The van der Waals surface area contributed by atoms with Gasteiger partial charge in [-0.05, 0) is 18.6 Å². The molecular weight excluding hydrogens is 430 g/mol. The van der Waals surface area contributed by atoms with Gasteiger partial charge in [-0.1, -0.05) is 13.3 Å². The highest BCUT2D eigenvalue weighted by Gasteiger charge is 2.27. The summed E-state index contributed by atoms with van der Waals surface area (Å²) in [7, 11) is 0. The molecule has 0 radical (unpaired) electrons. The van der Waals surface area contributed by atoms with Crippen LogP contribution in [-0.4, -0.2) is 46.9 Å². The fourth-order valence-corrected chi connectivity index (χ4v) is 3.31. The summed E-state index contributed by atoms with van der Waals surface area (Å²) in [5, 5.41) is 4.16. The summed E-state index contributed by atoms with van der Waals surface area (Å²) < 4.78 is 59.0. The maximum Gasteiger partial charge on any atom is 0.411 e. The standard InChI is InChI=1S/C20H19F4N7O/c1-2-4-13-15(9-30-8-7-26-19(30)17-14(21)5-3-6-25-17)27-12-31-18(13)28-16(29-31)10-32-11-20(22,23)24/h3,5-8,12H,2,4,9-11H2,1H3. The van der Waals surface area contributed by atoms with Gasteiger partial charge in [0.25, 0.3) is 0 Å². The predicted octanol–water partition coefficient (Wildman–Crippen LogP) is 3.60. The summed E-state index contributed by atoms with van der Waals surface area (Å²) >= 11 is 0. The molecule has 0 saturated heterocycles. The van der Waals surface area contributed by atoms with E-state index in [1.165, 1.54) is 29.2 Å². The fourth-order valence-electron chi connectivity index (χ4n) is 3.31. The SMILES string of the molecule is CCCc1c(Cn2ccnc2-c2ncccc2F)ncn2nc(COCC(F)(F)F)nc12. The molecule has 0 saturated carbocycles. The normalized spacial score (nSPS) is 12.0. The number of imidazole rings is 1. The van der Waals surface area contributed by atoms with Gasteiger partial charge in [0.15, 0.2) is 23.1 Å². The van der Waals surface area contributed by atoms with Gasteiger partial charge in [0.1, 0.15) is 25.2 Å². The first-order valence-corrected chi connectivity index (χ1v) is 9.84. The molecule has 0 amide bonds. The molecule has 4 aromatic rings. The maximum atomic E-state index is 14.2. The number of halogens is 4. The number of ether oxygens (including phenoxy) is 1. The Morgan fingerprint density at radius 1 is 1.12 bits per heavy atom. The summed E-state index contributed by atoms with van der Waals surface area (Å²) in [5.74, 6) is -0.00236. The van der Waals surface area contributed by atoms with E-state index < -0.39 is 18.6 Å². The second kappa shape index (κ2) is 8.99. The summed E-state index contributed by atoms with van der Waals surface area (Å²) in [4.78, 5) is 17.1. The Morgan fingerprint density at radius 2 is 1.97 bits per heavy atom. The molecule has 32 heavy (non-hydrogen) atoms. The van der Waals surface area contributed by atoms with Crippen molar-refractivity contribution < 1.29 is 22.3 Å². The summed E-state index contributed by atoms with van der Waals surface area (Å²) in [6.07, 6.45) is 3.17. The molecule has 0 aliphatic heterocycles. The molecule has 4 aromatic heterocycles. The summed E-state index contributed by atoms with van der Waals surface area (Å²) in [5.41, 5.74) is 2.09. The number of pyridine rings is 1. The van der Waals surface area contributed by atoms with Gasteiger partial charge in [0.05, 0.1) is 12.2 Å². The number of fused-ring (bicyclic) bond motifs is 1. The molecule has 0 unspecified atom stereocenters.